The normalized spacial score (nSPS) is 27.0. The number of hydrogen-bond donors (Lipinski definition) is 1. The van der Waals surface area contributed by atoms with Crippen LogP contribution < -0.4 is 5.32 Å². The molecule has 0 amide bonds. The van der Waals surface area contributed by atoms with Crippen molar-refractivity contribution in [3.05, 3.63) is 0 Å². The van der Waals surface area contributed by atoms with Crippen LogP contribution in [0.4, 0.5) is 0 Å². The van der Waals surface area contributed by atoms with Crippen LogP contribution in [0.15, 0.2) is 0 Å². The largest absolute Gasteiger partial charge is 0.383 e. The second-order valence-corrected chi connectivity index (χ2v) is 6.11. The Kier molecular flexibility index (Phi) is 5.46. The van der Waals surface area contributed by atoms with Crippen molar-refractivity contribution < 1.29 is 4.74 Å². The van der Waals surface area contributed by atoms with E-state index < -0.39 is 0 Å². The van der Waals surface area contributed by atoms with Crippen molar-refractivity contribution in [3.63, 3.8) is 0 Å². The highest BCUT2D eigenvalue weighted by Crippen LogP contribution is 2.31. The molecular weight excluding hydrogens is 224 g/mol. The summed E-state index contributed by atoms with van der Waals surface area (Å²) in [5, 5.41) is 3.87. The molecule has 2 fully saturated rings. The fraction of sp³-hybridized carbons (Fsp3) is 1.00. The van der Waals surface area contributed by atoms with Gasteiger partial charge in [-0.15, -0.1) is 0 Å². The molecule has 0 aromatic carbocycles. The fourth-order valence-electron chi connectivity index (χ4n) is 3.71. The molecule has 3 nitrogen and oxygen atoms in total. The second kappa shape index (κ2) is 6.88. The fourth-order valence-corrected chi connectivity index (χ4v) is 3.71. The van der Waals surface area contributed by atoms with Crippen molar-refractivity contribution >= 4 is 0 Å². The summed E-state index contributed by atoms with van der Waals surface area (Å²) in [6.45, 7) is 6.83. The molecule has 0 radical (unpaired) electrons. The number of rotatable bonds is 4. The van der Waals surface area contributed by atoms with Gasteiger partial charge in [-0.3, -0.25) is 4.90 Å². The molecule has 1 N–H and O–H groups in total. The number of nitrogens with zero attached hydrogens (tertiary/aromatic N) is 1. The van der Waals surface area contributed by atoms with Gasteiger partial charge < -0.3 is 10.1 Å². The molecule has 1 aliphatic carbocycles. The third-order valence-corrected chi connectivity index (χ3v) is 4.79. The molecule has 1 aliphatic heterocycles. The number of ether oxygens (including phenoxy) is 1. The minimum absolute atomic E-state index is 0.413. The van der Waals surface area contributed by atoms with Crippen molar-refractivity contribution in [1.82, 2.24) is 10.2 Å². The smallest absolute Gasteiger partial charge is 0.0617 e. The molecule has 106 valence electrons. The van der Waals surface area contributed by atoms with Crippen molar-refractivity contribution in [2.45, 2.75) is 63.5 Å². The van der Waals surface area contributed by atoms with Crippen LogP contribution in [0.1, 0.15) is 51.9 Å². The maximum atomic E-state index is 5.40. The molecule has 2 aliphatic rings. The lowest BCUT2D eigenvalue weighted by Crippen LogP contribution is -2.54. The van der Waals surface area contributed by atoms with Gasteiger partial charge in [0.05, 0.1) is 6.61 Å². The van der Waals surface area contributed by atoms with E-state index in [1.807, 2.05) is 7.11 Å². The number of nitrogens with one attached hydrogen (secondary N) is 1. The van der Waals surface area contributed by atoms with E-state index in [9.17, 15) is 0 Å². The van der Waals surface area contributed by atoms with E-state index in [1.54, 1.807) is 0 Å². The van der Waals surface area contributed by atoms with Crippen molar-refractivity contribution in [1.29, 1.82) is 0 Å². The average molecular weight is 254 g/mol. The topological polar surface area (TPSA) is 24.5 Å². The molecule has 3 heteroatoms. The predicted molar refractivity (Wildman–Crippen MR) is 76.0 cm³/mol. The average Bonchev–Trinajstić information content (AvgIpc) is 2.60. The van der Waals surface area contributed by atoms with Gasteiger partial charge in [-0.2, -0.15) is 0 Å². The number of methoxy groups -OCH3 is 1. The van der Waals surface area contributed by atoms with Gasteiger partial charge >= 0.3 is 0 Å². The summed E-state index contributed by atoms with van der Waals surface area (Å²) in [5.74, 6) is 0. The molecular formula is C15H30N2O. The highest BCUT2D eigenvalue weighted by Gasteiger charge is 2.36. The summed E-state index contributed by atoms with van der Waals surface area (Å²) in [6, 6.07) is 0.605. The zero-order valence-electron chi connectivity index (χ0n) is 12.2. The first kappa shape index (κ1) is 14.3. The van der Waals surface area contributed by atoms with Crippen LogP contribution in [-0.4, -0.2) is 49.8 Å². The highest BCUT2D eigenvalue weighted by molar-refractivity contribution is 4.96. The van der Waals surface area contributed by atoms with Crippen LogP contribution >= 0.6 is 0 Å². The summed E-state index contributed by atoms with van der Waals surface area (Å²) in [4.78, 5) is 2.69. The molecule has 0 aromatic heterocycles. The van der Waals surface area contributed by atoms with Crippen molar-refractivity contribution in [2.24, 2.45) is 0 Å². The molecule has 1 unspecified atom stereocenters. The van der Waals surface area contributed by atoms with Crippen molar-refractivity contribution in [3.8, 4) is 0 Å². The number of hydrogen-bond acceptors (Lipinski definition) is 3. The molecule has 1 saturated heterocycles. The maximum Gasteiger partial charge on any atom is 0.0617 e. The first-order chi connectivity index (χ1) is 8.79. The van der Waals surface area contributed by atoms with E-state index in [2.05, 4.69) is 17.1 Å². The highest BCUT2D eigenvalue weighted by atomic mass is 16.5. The minimum Gasteiger partial charge on any atom is -0.383 e. The third-order valence-electron chi connectivity index (χ3n) is 4.79. The summed E-state index contributed by atoms with van der Waals surface area (Å²) in [6.07, 6.45) is 9.45. The van der Waals surface area contributed by atoms with Gasteiger partial charge in [0.15, 0.2) is 0 Å². The van der Waals surface area contributed by atoms with Crippen LogP contribution in [0.2, 0.25) is 0 Å². The van der Waals surface area contributed by atoms with Gasteiger partial charge in [-0.1, -0.05) is 26.2 Å². The van der Waals surface area contributed by atoms with E-state index in [0.717, 1.165) is 6.61 Å². The summed E-state index contributed by atoms with van der Waals surface area (Å²) < 4.78 is 5.40. The Bertz CT molecular complexity index is 239. The van der Waals surface area contributed by atoms with E-state index in [1.165, 1.54) is 64.6 Å². The zero-order chi connectivity index (χ0) is 12.8. The van der Waals surface area contributed by atoms with Crippen molar-refractivity contribution in [2.75, 3.05) is 33.4 Å². The maximum absolute atomic E-state index is 5.40. The molecule has 1 atom stereocenters. The predicted octanol–water partition coefficient (Wildman–Crippen LogP) is 2.41. The molecule has 1 spiro atoms. The summed E-state index contributed by atoms with van der Waals surface area (Å²) in [5.41, 5.74) is 0.413. The molecule has 18 heavy (non-hydrogen) atoms. The Balaban J connectivity index is 2.01. The van der Waals surface area contributed by atoms with E-state index >= 15 is 0 Å². The quantitative estimate of drug-likeness (QED) is 0.834. The Labute approximate surface area is 112 Å². The Morgan fingerprint density at radius 2 is 2.00 bits per heavy atom. The van der Waals surface area contributed by atoms with Gasteiger partial charge in [0.25, 0.3) is 0 Å². The van der Waals surface area contributed by atoms with Gasteiger partial charge in [0.2, 0.25) is 0 Å². The molecule has 0 bridgehead atoms. The Morgan fingerprint density at radius 3 is 2.67 bits per heavy atom. The molecule has 2 rings (SSSR count). The first-order valence-electron chi connectivity index (χ1n) is 7.78. The van der Waals surface area contributed by atoms with Crippen LogP contribution in [0.25, 0.3) is 0 Å². The summed E-state index contributed by atoms with van der Waals surface area (Å²) in [7, 11) is 1.83. The van der Waals surface area contributed by atoms with E-state index in [4.69, 9.17) is 4.74 Å². The van der Waals surface area contributed by atoms with Crippen LogP contribution in [0, 0.1) is 0 Å². The van der Waals surface area contributed by atoms with Crippen LogP contribution in [0.3, 0.4) is 0 Å². The first-order valence-corrected chi connectivity index (χ1v) is 7.78. The Hall–Kier alpha value is -0.120. The lowest BCUT2D eigenvalue weighted by atomic mass is 9.81. The lowest BCUT2D eigenvalue weighted by Gasteiger charge is -2.42. The van der Waals surface area contributed by atoms with Gasteiger partial charge in [-0.25, -0.2) is 0 Å². The van der Waals surface area contributed by atoms with Gasteiger partial charge in [-0.05, 0) is 38.8 Å². The Morgan fingerprint density at radius 1 is 1.22 bits per heavy atom. The monoisotopic (exact) mass is 254 g/mol. The third kappa shape index (κ3) is 3.46. The van der Waals surface area contributed by atoms with E-state index in [0.29, 0.717) is 11.6 Å². The van der Waals surface area contributed by atoms with Crippen LogP contribution in [0.5, 0.6) is 0 Å². The van der Waals surface area contributed by atoms with E-state index in [-0.39, 0.29) is 0 Å². The zero-order valence-corrected chi connectivity index (χ0v) is 12.2. The van der Waals surface area contributed by atoms with Crippen LogP contribution in [-0.2, 0) is 4.74 Å². The standard InChI is InChI=1S/C15H30N2O/c1-3-14(12-18-2)17-11-7-10-16-15(13-17)8-5-4-6-9-15/h14,16H,3-13H2,1-2H3. The summed E-state index contributed by atoms with van der Waals surface area (Å²) >= 11 is 0. The SMILES string of the molecule is CCC(COC)N1CCCNC2(CCCCC2)C1. The molecule has 0 aromatic rings. The lowest BCUT2D eigenvalue weighted by molar-refractivity contribution is 0.0657. The van der Waals surface area contributed by atoms with Gasteiger partial charge in [0, 0.05) is 25.2 Å². The van der Waals surface area contributed by atoms with Gasteiger partial charge in [0.1, 0.15) is 0 Å². The second-order valence-electron chi connectivity index (χ2n) is 6.11. The molecule has 1 heterocycles. The minimum atomic E-state index is 0.413. The molecule has 1 saturated carbocycles.